The number of rotatable bonds is 2. The third kappa shape index (κ3) is 2.84. The van der Waals surface area contributed by atoms with Crippen molar-refractivity contribution >= 4 is 33.6 Å². The van der Waals surface area contributed by atoms with Crippen LogP contribution < -0.4 is 9.64 Å². The molecule has 0 radical (unpaired) electrons. The van der Waals surface area contributed by atoms with Crippen LogP contribution in [0.1, 0.15) is 41.1 Å². The van der Waals surface area contributed by atoms with Crippen LogP contribution in [0.4, 0.5) is 10.5 Å². The summed E-state index contributed by atoms with van der Waals surface area (Å²) in [4.78, 5) is 30.0. The van der Waals surface area contributed by atoms with Gasteiger partial charge in [-0.05, 0) is 60.1 Å². The number of nitrogens with zero attached hydrogens (tertiary/aromatic N) is 2. The molecule has 3 heterocycles. The topological polar surface area (TPSA) is 63.0 Å². The van der Waals surface area contributed by atoms with E-state index in [1.54, 1.807) is 17.0 Å². The van der Waals surface area contributed by atoms with Crippen molar-refractivity contribution in [2.24, 2.45) is 0 Å². The molecule has 0 saturated carbocycles. The summed E-state index contributed by atoms with van der Waals surface area (Å²) < 4.78 is 12.2. The van der Waals surface area contributed by atoms with E-state index in [0.717, 1.165) is 11.1 Å². The molecule has 2 atom stereocenters. The second-order valence-electron chi connectivity index (χ2n) is 7.77. The molecular weight excluding hydrogens is 448 g/mol. The molecule has 2 unspecified atom stereocenters. The van der Waals surface area contributed by atoms with Crippen LogP contribution in [0.2, 0.25) is 0 Å². The number of urea groups is 1. The smallest absolute Gasteiger partial charge is 0.335 e. The molecule has 2 aromatic carbocycles. The van der Waals surface area contributed by atoms with Crippen molar-refractivity contribution < 1.29 is 18.7 Å². The monoisotopic (exact) mass is 466 g/mol. The Morgan fingerprint density at radius 2 is 1.83 bits per heavy atom. The molecule has 2 bridgehead atoms. The first-order valence-corrected chi connectivity index (χ1v) is 10.4. The highest BCUT2D eigenvalue weighted by molar-refractivity contribution is 9.10. The molecule has 6 nitrogen and oxygen atoms in total. The molecule has 1 saturated heterocycles. The number of hydrogen-bond acceptors (Lipinski definition) is 4. The van der Waals surface area contributed by atoms with Gasteiger partial charge in [0.05, 0.1) is 6.04 Å². The minimum Gasteiger partial charge on any atom is -0.467 e. The van der Waals surface area contributed by atoms with Gasteiger partial charge >= 0.3 is 6.03 Å². The van der Waals surface area contributed by atoms with Gasteiger partial charge < -0.3 is 9.15 Å². The number of amides is 3. The summed E-state index contributed by atoms with van der Waals surface area (Å²) in [6.45, 7) is 3.87. The van der Waals surface area contributed by atoms with Crippen molar-refractivity contribution in [1.29, 1.82) is 0 Å². The number of carbonyl (C=O) groups is 2. The molecule has 30 heavy (non-hydrogen) atoms. The molecule has 0 aliphatic carbocycles. The average molecular weight is 467 g/mol. The summed E-state index contributed by atoms with van der Waals surface area (Å²) in [5.41, 5.74) is 1.64. The maximum absolute atomic E-state index is 13.8. The Morgan fingerprint density at radius 1 is 1.10 bits per heavy atom. The van der Waals surface area contributed by atoms with Gasteiger partial charge in [-0.1, -0.05) is 35.9 Å². The van der Waals surface area contributed by atoms with E-state index in [4.69, 9.17) is 9.15 Å². The lowest BCUT2D eigenvalue weighted by atomic mass is 9.88. The second-order valence-corrected chi connectivity index (χ2v) is 8.55. The molecule has 3 amide bonds. The van der Waals surface area contributed by atoms with Crippen molar-refractivity contribution in [2.45, 2.75) is 32.0 Å². The number of aryl methyl sites for hydroxylation is 1. The van der Waals surface area contributed by atoms with Crippen LogP contribution in [0.25, 0.3) is 0 Å². The number of hydrogen-bond donors (Lipinski definition) is 0. The Labute approximate surface area is 182 Å². The number of para-hydroxylation sites is 1. The maximum atomic E-state index is 13.8. The van der Waals surface area contributed by atoms with Crippen molar-refractivity contribution in [2.75, 3.05) is 4.90 Å². The summed E-state index contributed by atoms with van der Waals surface area (Å²) in [5, 5.41) is 0. The summed E-state index contributed by atoms with van der Waals surface area (Å²) in [7, 11) is 0. The molecule has 2 aliphatic heterocycles. The Morgan fingerprint density at radius 3 is 2.53 bits per heavy atom. The van der Waals surface area contributed by atoms with Crippen molar-refractivity contribution in [3.05, 3.63) is 82.2 Å². The highest BCUT2D eigenvalue weighted by atomic mass is 79.9. The zero-order chi connectivity index (χ0) is 21.0. The fourth-order valence-electron chi connectivity index (χ4n) is 4.26. The first kappa shape index (κ1) is 18.9. The normalized spacial score (nSPS) is 22.5. The lowest BCUT2D eigenvalue weighted by Gasteiger charge is -2.53. The fourth-order valence-corrected chi connectivity index (χ4v) is 4.57. The largest absolute Gasteiger partial charge is 0.467 e. The van der Waals surface area contributed by atoms with Gasteiger partial charge in [-0.3, -0.25) is 9.69 Å². The molecular formula is C23H19BrN2O4. The molecule has 5 rings (SSSR count). The Kier molecular flexibility index (Phi) is 4.25. The van der Waals surface area contributed by atoms with Crippen molar-refractivity contribution in [1.82, 2.24) is 4.90 Å². The summed E-state index contributed by atoms with van der Waals surface area (Å²) in [6, 6.07) is 17.5. The second kappa shape index (κ2) is 6.74. The minimum atomic E-state index is -0.925. The number of anilines is 1. The van der Waals surface area contributed by atoms with Crippen molar-refractivity contribution in [3.8, 4) is 5.75 Å². The van der Waals surface area contributed by atoms with Gasteiger partial charge in [-0.25, -0.2) is 9.69 Å². The van der Waals surface area contributed by atoms with Crippen LogP contribution in [0.3, 0.4) is 0 Å². The van der Waals surface area contributed by atoms with E-state index in [9.17, 15) is 9.59 Å². The first-order valence-electron chi connectivity index (χ1n) is 9.65. The third-order valence-corrected chi connectivity index (χ3v) is 6.08. The van der Waals surface area contributed by atoms with Gasteiger partial charge in [0.2, 0.25) is 0 Å². The van der Waals surface area contributed by atoms with E-state index in [0.29, 0.717) is 22.5 Å². The third-order valence-electron chi connectivity index (χ3n) is 5.66. The quantitative estimate of drug-likeness (QED) is 0.487. The lowest BCUT2D eigenvalue weighted by Crippen LogP contribution is -2.67. The number of benzene rings is 2. The van der Waals surface area contributed by atoms with Gasteiger partial charge in [0.1, 0.15) is 5.75 Å². The van der Waals surface area contributed by atoms with Gasteiger partial charge in [0.15, 0.2) is 16.2 Å². The van der Waals surface area contributed by atoms with Gasteiger partial charge in [-0.15, -0.1) is 0 Å². The maximum Gasteiger partial charge on any atom is 0.335 e. The molecule has 1 fully saturated rings. The lowest BCUT2D eigenvalue weighted by molar-refractivity contribution is 0.00170. The number of fused-ring (bicyclic) bond motifs is 4. The van der Waals surface area contributed by atoms with Gasteiger partial charge in [-0.2, -0.15) is 0 Å². The van der Waals surface area contributed by atoms with E-state index in [1.807, 2.05) is 62.4 Å². The van der Waals surface area contributed by atoms with E-state index in [1.165, 1.54) is 4.90 Å². The van der Waals surface area contributed by atoms with E-state index in [2.05, 4.69) is 15.9 Å². The van der Waals surface area contributed by atoms with Crippen LogP contribution in [0.15, 0.2) is 69.8 Å². The number of furan rings is 1. The zero-order valence-electron chi connectivity index (χ0n) is 16.5. The number of halogens is 1. The minimum absolute atomic E-state index is 0.103. The number of carbonyl (C=O) groups excluding carboxylic acids is 2. The highest BCUT2D eigenvalue weighted by Crippen LogP contribution is 2.49. The summed E-state index contributed by atoms with van der Waals surface area (Å²) in [6.07, 6.45) is 0.442. The number of ether oxygens (including phenoxy) is 1. The molecule has 7 heteroatoms. The summed E-state index contributed by atoms with van der Waals surface area (Å²) >= 11 is 3.23. The van der Waals surface area contributed by atoms with E-state index >= 15 is 0 Å². The number of imide groups is 1. The van der Waals surface area contributed by atoms with Crippen LogP contribution in [-0.4, -0.2) is 22.6 Å². The molecule has 0 N–H and O–H groups in total. The van der Waals surface area contributed by atoms with E-state index in [-0.39, 0.29) is 5.76 Å². The standard InChI is InChI=1S/C23H19BrN2O4/c1-14-7-9-15(10-8-14)26-22(28)25(21(27)19-11-12-20(24)29-19)17-13-23(26,2)30-18-6-4-3-5-16(17)18/h3-12,17H,13H2,1-2H3. The van der Waals surface area contributed by atoms with Crippen LogP contribution >= 0.6 is 15.9 Å². The SMILES string of the molecule is Cc1ccc(N2C(=O)N(C(=O)c3ccc(Br)o3)C3CC2(C)Oc2ccccc23)cc1. The zero-order valence-corrected chi connectivity index (χ0v) is 18.0. The first-order chi connectivity index (χ1) is 14.4. The Bertz CT molecular complexity index is 1160. The predicted octanol–water partition coefficient (Wildman–Crippen LogP) is 5.67. The molecule has 1 aromatic heterocycles. The average Bonchev–Trinajstić information content (AvgIpc) is 3.15. The van der Waals surface area contributed by atoms with Crippen LogP contribution in [0, 0.1) is 6.92 Å². The summed E-state index contributed by atoms with van der Waals surface area (Å²) in [5.74, 6) is 0.289. The van der Waals surface area contributed by atoms with Gasteiger partial charge in [0.25, 0.3) is 5.91 Å². The van der Waals surface area contributed by atoms with Crippen LogP contribution in [0.5, 0.6) is 5.75 Å². The molecule has 3 aromatic rings. The van der Waals surface area contributed by atoms with Crippen molar-refractivity contribution in [3.63, 3.8) is 0 Å². The molecule has 0 spiro atoms. The van der Waals surface area contributed by atoms with Gasteiger partial charge in [0, 0.05) is 17.7 Å². The Balaban J connectivity index is 1.67. The Hall–Kier alpha value is -3.06. The predicted molar refractivity (Wildman–Crippen MR) is 114 cm³/mol. The molecule has 152 valence electrons. The van der Waals surface area contributed by atoms with E-state index < -0.39 is 23.7 Å². The highest BCUT2D eigenvalue weighted by Gasteiger charge is 2.55. The molecule has 2 aliphatic rings. The fraction of sp³-hybridized carbons (Fsp3) is 0.217. The van der Waals surface area contributed by atoms with Crippen LogP contribution in [-0.2, 0) is 0 Å².